The van der Waals surface area contributed by atoms with Crippen LogP contribution >= 0.6 is 0 Å². The average Bonchev–Trinajstić information content (AvgIpc) is 2.78. The Bertz CT molecular complexity index is 874. The predicted molar refractivity (Wildman–Crippen MR) is 123 cm³/mol. The lowest BCUT2D eigenvalue weighted by molar-refractivity contribution is -0.111. The number of hydrogen-bond donors (Lipinski definition) is 1. The van der Waals surface area contributed by atoms with Crippen molar-refractivity contribution in [1.82, 2.24) is 0 Å². The number of unbranched alkanes of at least 4 members (excludes halogenated alkanes) is 1. The van der Waals surface area contributed by atoms with Crippen molar-refractivity contribution < 1.29 is 23.8 Å². The van der Waals surface area contributed by atoms with Crippen molar-refractivity contribution in [3.05, 3.63) is 59.7 Å². The molecule has 6 nitrogen and oxygen atoms in total. The zero-order valence-electron chi connectivity index (χ0n) is 18.5. The minimum atomic E-state index is -0.369. The van der Waals surface area contributed by atoms with Crippen LogP contribution in [0.4, 0.5) is 5.69 Å². The molecule has 0 heterocycles. The molecule has 0 unspecified atom stereocenters. The standard InChI is InChI=1S/C25H31NO5/c1-4-7-17-30-22-14-8-19(18-23(22)29-6-3)9-15-24(27)26-21-12-10-20(11-13-21)25(28)31-16-5-2/h8-15,18H,4-7,16-17H2,1-3H3,(H,26,27)/b15-9+. The summed E-state index contributed by atoms with van der Waals surface area (Å²) in [5.74, 6) is 0.718. The third kappa shape index (κ3) is 8.16. The number of carbonyl (C=O) groups is 2. The summed E-state index contributed by atoms with van der Waals surface area (Å²) in [6, 6.07) is 12.2. The average molecular weight is 426 g/mol. The van der Waals surface area contributed by atoms with E-state index in [1.807, 2.05) is 32.0 Å². The van der Waals surface area contributed by atoms with Crippen LogP contribution in [0.3, 0.4) is 0 Å². The second-order valence-corrected chi connectivity index (χ2v) is 6.88. The number of nitrogens with one attached hydrogen (secondary N) is 1. The summed E-state index contributed by atoms with van der Waals surface area (Å²) in [6.45, 7) is 7.52. The molecule has 166 valence electrons. The molecule has 0 aliphatic carbocycles. The van der Waals surface area contributed by atoms with Crippen LogP contribution < -0.4 is 14.8 Å². The Morgan fingerprint density at radius 3 is 2.35 bits per heavy atom. The number of hydrogen-bond acceptors (Lipinski definition) is 5. The molecule has 0 bridgehead atoms. The predicted octanol–water partition coefficient (Wildman–Crippen LogP) is 5.48. The van der Waals surface area contributed by atoms with Gasteiger partial charge in [0, 0.05) is 11.8 Å². The maximum absolute atomic E-state index is 12.3. The van der Waals surface area contributed by atoms with E-state index in [0.717, 1.165) is 24.8 Å². The highest BCUT2D eigenvalue weighted by molar-refractivity contribution is 6.02. The lowest BCUT2D eigenvalue weighted by Gasteiger charge is -2.12. The second kappa shape index (κ2) is 13.1. The lowest BCUT2D eigenvalue weighted by atomic mass is 10.1. The van der Waals surface area contributed by atoms with Gasteiger partial charge in [-0.05, 0) is 67.8 Å². The van der Waals surface area contributed by atoms with Crippen LogP contribution in [-0.2, 0) is 9.53 Å². The first kappa shape index (κ1) is 24.0. The molecule has 0 atom stereocenters. The van der Waals surface area contributed by atoms with Gasteiger partial charge in [-0.1, -0.05) is 26.3 Å². The minimum Gasteiger partial charge on any atom is -0.490 e. The summed E-state index contributed by atoms with van der Waals surface area (Å²) in [5, 5.41) is 2.77. The molecule has 0 aliphatic rings. The van der Waals surface area contributed by atoms with Crippen LogP contribution in [0.1, 0.15) is 56.0 Å². The molecule has 0 spiro atoms. The van der Waals surface area contributed by atoms with E-state index >= 15 is 0 Å². The van der Waals surface area contributed by atoms with Crippen molar-refractivity contribution in [3.8, 4) is 11.5 Å². The number of esters is 1. The van der Waals surface area contributed by atoms with Gasteiger partial charge in [0.25, 0.3) is 0 Å². The van der Waals surface area contributed by atoms with Crippen molar-refractivity contribution in [1.29, 1.82) is 0 Å². The molecule has 1 amide bonds. The molecule has 0 radical (unpaired) electrons. The van der Waals surface area contributed by atoms with E-state index in [1.165, 1.54) is 6.08 Å². The molecule has 6 heteroatoms. The normalized spacial score (nSPS) is 10.7. The Kier molecular flexibility index (Phi) is 10.1. The van der Waals surface area contributed by atoms with Gasteiger partial charge < -0.3 is 19.5 Å². The number of rotatable bonds is 12. The maximum Gasteiger partial charge on any atom is 0.338 e. The fraction of sp³-hybridized carbons (Fsp3) is 0.360. The zero-order chi connectivity index (χ0) is 22.5. The Labute approximate surface area is 184 Å². The van der Waals surface area contributed by atoms with Crippen molar-refractivity contribution in [3.63, 3.8) is 0 Å². The van der Waals surface area contributed by atoms with Crippen LogP contribution in [0, 0.1) is 0 Å². The molecule has 1 N–H and O–H groups in total. The monoisotopic (exact) mass is 425 g/mol. The van der Waals surface area contributed by atoms with Gasteiger partial charge in [0.05, 0.1) is 25.4 Å². The van der Waals surface area contributed by atoms with Gasteiger partial charge in [-0.15, -0.1) is 0 Å². The van der Waals surface area contributed by atoms with E-state index in [1.54, 1.807) is 30.3 Å². The molecule has 2 aromatic carbocycles. The maximum atomic E-state index is 12.3. The number of benzene rings is 2. The molecule has 2 rings (SSSR count). The molecule has 31 heavy (non-hydrogen) atoms. The van der Waals surface area contributed by atoms with Gasteiger partial charge in [0.15, 0.2) is 11.5 Å². The van der Waals surface area contributed by atoms with Crippen LogP contribution in [0.2, 0.25) is 0 Å². The van der Waals surface area contributed by atoms with Crippen molar-refractivity contribution >= 4 is 23.6 Å². The van der Waals surface area contributed by atoms with Gasteiger partial charge in [-0.2, -0.15) is 0 Å². The number of amides is 1. The van der Waals surface area contributed by atoms with Crippen molar-refractivity contribution in [2.75, 3.05) is 25.1 Å². The van der Waals surface area contributed by atoms with E-state index in [9.17, 15) is 9.59 Å². The highest BCUT2D eigenvalue weighted by Gasteiger charge is 2.08. The van der Waals surface area contributed by atoms with E-state index in [0.29, 0.717) is 42.6 Å². The number of anilines is 1. The second-order valence-electron chi connectivity index (χ2n) is 6.88. The largest absolute Gasteiger partial charge is 0.490 e. The van der Waals surface area contributed by atoms with Crippen LogP contribution in [0.25, 0.3) is 6.08 Å². The minimum absolute atomic E-state index is 0.275. The van der Waals surface area contributed by atoms with E-state index in [2.05, 4.69) is 12.2 Å². The summed E-state index contributed by atoms with van der Waals surface area (Å²) in [7, 11) is 0. The van der Waals surface area contributed by atoms with Crippen LogP contribution in [0.15, 0.2) is 48.5 Å². The first-order chi connectivity index (χ1) is 15.1. The van der Waals surface area contributed by atoms with Gasteiger partial charge in [0.2, 0.25) is 5.91 Å². The van der Waals surface area contributed by atoms with Crippen molar-refractivity contribution in [2.24, 2.45) is 0 Å². The molecule has 2 aromatic rings. The van der Waals surface area contributed by atoms with Gasteiger partial charge in [-0.3, -0.25) is 4.79 Å². The zero-order valence-corrected chi connectivity index (χ0v) is 18.5. The quantitative estimate of drug-likeness (QED) is 0.277. The third-order valence-corrected chi connectivity index (χ3v) is 4.28. The van der Waals surface area contributed by atoms with Crippen molar-refractivity contribution in [2.45, 2.75) is 40.0 Å². The molecule has 0 fully saturated rings. The lowest BCUT2D eigenvalue weighted by Crippen LogP contribution is -2.09. The molecule has 0 saturated carbocycles. The van der Waals surface area contributed by atoms with E-state index in [-0.39, 0.29) is 11.9 Å². The summed E-state index contributed by atoms with van der Waals surface area (Å²) < 4.78 is 16.5. The third-order valence-electron chi connectivity index (χ3n) is 4.28. The molecule has 0 aliphatic heterocycles. The molecule has 0 saturated heterocycles. The molecular weight excluding hydrogens is 394 g/mol. The van der Waals surface area contributed by atoms with Gasteiger partial charge in [0.1, 0.15) is 0 Å². The fourth-order valence-electron chi connectivity index (χ4n) is 2.67. The van der Waals surface area contributed by atoms with Crippen LogP contribution in [0.5, 0.6) is 11.5 Å². The molecule has 0 aromatic heterocycles. The number of ether oxygens (including phenoxy) is 3. The molecular formula is C25H31NO5. The first-order valence-electron chi connectivity index (χ1n) is 10.7. The summed E-state index contributed by atoms with van der Waals surface area (Å²) in [6.07, 6.45) is 5.98. The Morgan fingerprint density at radius 1 is 0.903 bits per heavy atom. The summed E-state index contributed by atoms with van der Waals surface area (Å²) in [5.41, 5.74) is 1.87. The van der Waals surface area contributed by atoms with Gasteiger partial charge >= 0.3 is 5.97 Å². The van der Waals surface area contributed by atoms with Crippen LogP contribution in [-0.4, -0.2) is 31.7 Å². The highest BCUT2D eigenvalue weighted by atomic mass is 16.5. The number of carbonyl (C=O) groups excluding carboxylic acids is 2. The Morgan fingerprint density at radius 2 is 1.68 bits per heavy atom. The fourth-order valence-corrected chi connectivity index (χ4v) is 2.67. The van der Waals surface area contributed by atoms with Gasteiger partial charge in [-0.25, -0.2) is 4.79 Å². The summed E-state index contributed by atoms with van der Waals surface area (Å²) >= 11 is 0. The smallest absolute Gasteiger partial charge is 0.338 e. The Balaban J connectivity index is 1.97. The first-order valence-corrected chi connectivity index (χ1v) is 10.7. The topological polar surface area (TPSA) is 73.9 Å². The highest BCUT2D eigenvalue weighted by Crippen LogP contribution is 2.29. The SMILES string of the molecule is CCCCOc1ccc(/C=C/C(=O)Nc2ccc(C(=O)OCCC)cc2)cc1OCC. The van der Waals surface area contributed by atoms with E-state index in [4.69, 9.17) is 14.2 Å². The Hall–Kier alpha value is -3.28. The van der Waals surface area contributed by atoms with E-state index < -0.39 is 0 Å². The summed E-state index contributed by atoms with van der Waals surface area (Å²) in [4.78, 5) is 24.1.